The van der Waals surface area contributed by atoms with Crippen LogP contribution in [0, 0.1) is 12.8 Å². The fraction of sp³-hybridized carbons (Fsp3) is 0.467. The van der Waals surface area contributed by atoms with Gasteiger partial charge < -0.3 is 5.73 Å². The van der Waals surface area contributed by atoms with Gasteiger partial charge >= 0.3 is 0 Å². The first kappa shape index (κ1) is 22.6. The van der Waals surface area contributed by atoms with Crippen LogP contribution in [-0.2, 0) is 0 Å². The Bertz CT molecular complexity index is 220. The molecule has 0 heterocycles. The zero-order valence-corrected chi connectivity index (χ0v) is 13.1. The molecule has 18 heavy (non-hydrogen) atoms. The van der Waals surface area contributed by atoms with Crippen LogP contribution < -0.4 is 5.73 Å². The van der Waals surface area contributed by atoms with E-state index in [4.69, 9.17) is 17.3 Å². The highest BCUT2D eigenvalue weighted by atomic mass is 35.5. The molecule has 0 aromatic rings. The fourth-order valence-corrected chi connectivity index (χ4v) is 1.63. The Morgan fingerprint density at radius 3 is 2.17 bits per heavy atom. The number of alkyl halides is 1. The average molecular weight is 288 g/mol. The Morgan fingerprint density at radius 2 is 1.78 bits per heavy atom. The molecule has 0 aliphatic heterocycles. The zero-order chi connectivity index (χ0) is 14.5. The van der Waals surface area contributed by atoms with Crippen LogP contribution in [0.3, 0.4) is 0 Å². The summed E-state index contributed by atoms with van der Waals surface area (Å²) in [5, 5.41) is 0. The summed E-state index contributed by atoms with van der Waals surface area (Å²) >= 11 is 7.14. The predicted molar refractivity (Wildman–Crippen MR) is 90.4 cm³/mol. The Kier molecular flexibility index (Phi) is 37.5. The summed E-state index contributed by atoms with van der Waals surface area (Å²) in [7, 11) is 0. The van der Waals surface area contributed by atoms with Gasteiger partial charge in [-0.25, -0.2) is 0 Å². The maximum Gasteiger partial charge on any atom is 0.0404 e. The van der Waals surface area contributed by atoms with E-state index >= 15 is 0 Å². The monoisotopic (exact) mass is 287 g/mol. The molecule has 0 bridgehead atoms. The number of hydrogen-bond donors (Lipinski definition) is 1. The third-order valence-electron chi connectivity index (χ3n) is 1.47. The van der Waals surface area contributed by atoms with Gasteiger partial charge in [0.05, 0.1) is 0 Å². The molecule has 0 amide bonds. The molecule has 0 fully saturated rings. The number of halogens is 1. The lowest BCUT2D eigenvalue weighted by molar-refractivity contribution is 0.944. The number of nitrogens with two attached hydrogens (primary N) is 1. The minimum atomic E-state index is 0.635. The van der Waals surface area contributed by atoms with E-state index in [1.54, 1.807) is 0 Å². The number of terminal acetylenes is 1. The molecule has 0 aliphatic carbocycles. The second-order valence-corrected chi connectivity index (χ2v) is 4.35. The van der Waals surface area contributed by atoms with Crippen LogP contribution in [0.4, 0.5) is 0 Å². The molecule has 0 saturated heterocycles. The molecule has 0 aromatic heterocycles. The van der Waals surface area contributed by atoms with Crippen molar-refractivity contribution in [1.29, 1.82) is 0 Å². The van der Waals surface area contributed by atoms with Crippen molar-refractivity contribution in [3.05, 3.63) is 36.5 Å². The Morgan fingerprint density at radius 1 is 1.11 bits per heavy atom. The lowest BCUT2D eigenvalue weighted by atomic mass is 10.5. The lowest BCUT2D eigenvalue weighted by Gasteiger charge is -1.93. The highest BCUT2D eigenvalue weighted by Crippen LogP contribution is 2.01. The van der Waals surface area contributed by atoms with Crippen LogP contribution >= 0.6 is 23.4 Å². The van der Waals surface area contributed by atoms with Gasteiger partial charge in [0.15, 0.2) is 0 Å². The van der Waals surface area contributed by atoms with E-state index in [1.807, 2.05) is 49.9 Å². The minimum absolute atomic E-state index is 0.635. The van der Waals surface area contributed by atoms with Crippen molar-refractivity contribution >= 4 is 23.4 Å². The predicted octanol–water partition coefficient (Wildman–Crippen LogP) is 4.25. The summed E-state index contributed by atoms with van der Waals surface area (Å²) in [4.78, 5) is 0. The molecule has 0 aliphatic rings. The van der Waals surface area contributed by atoms with Gasteiger partial charge in [0, 0.05) is 11.6 Å². The average Bonchev–Trinajstić information content (AvgIpc) is 2.42. The third kappa shape index (κ3) is 36.1. The summed E-state index contributed by atoms with van der Waals surface area (Å²) < 4.78 is 0. The van der Waals surface area contributed by atoms with E-state index in [0.29, 0.717) is 5.88 Å². The van der Waals surface area contributed by atoms with E-state index in [2.05, 4.69) is 25.0 Å². The summed E-state index contributed by atoms with van der Waals surface area (Å²) in [6.07, 6.45) is 21.3. The molecule has 0 rings (SSSR count). The third-order valence-corrected chi connectivity index (χ3v) is 2.65. The molecule has 2 N–H and O–H groups in total. The molecule has 1 nitrogen and oxygen atoms in total. The van der Waals surface area contributed by atoms with E-state index in [1.165, 1.54) is 5.75 Å². The van der Waals surface area contributed by atoms with Crippen molar-refractivity contribution in [2.24, 2.45) is 5.73 Å². The Balaban J connectivity index is -0.000000270. The van der Waals surface area contributed by atoms with Gasteiger partial charge in [-0.15, -0.1) is 24.4 Å². The van der Waals surface area contributed by atoms with Crippen LogP contribution in [0.15, 0.2) is 36.5 Å². The van der Waals surface area contributed by atoms with Gasteiger partial charge in [-0.1, -0.05) is 36.5 Å². The highest BCUT2D eigenvalue weighted by molar-refractivity contribution is 7.99. The molecule has 0 aromatic carbocycles. The lowest BCUT2D eigenvalue weighted by Crippen LogP contribution is -1.99. The molecular weight excluding hydrogens is 262 g/mol. The Hall–Kier alpha value is -0.620. The van der Waals surface area contributed by atoms with Gasteiger partial charge in [0.1, 0.15) is 0 Å². The van der Waals surface area contributed by atoms with Crippen LogP contribution in [0.25, 0.3) is 0 Å². The maximum absolute atomic E-state index is 5.35. The van der Waals surface area contributed by atoms with Crippen molar-refractivity contribution in [3.63, 3.8) is 0 Å². The summed E-state index contributed by atoms with van der Waals surface area (Å²) in [6.45, 7) is 4.78. The van der Waals surface area contributed by atoms with Crippen LogP contribution in [0.5, 0.6) is 0 Å². The summed E-state index contributed by atoms with van der Waals surface area (Å²) in [6, 6.07) is 0. The minimum Gasteiger partial charge on any atom is -0.330 e. The van der Waals surface area contributed by atoms with E-state index < -0.39 is 0 Å². The fourth-order valence-electron chi connectivity index (χ4n) is 0.671. The largest absolute Gasteiger partial charge is 0.330 e. The van der Waals surface area contributed by atoms with Crippen molar-refractivity contribution in [2.75, 3.05) is 23.9 Å². The van der Waals surface area contributed by atoms with Crippen molar-refractivity contribution in [1.82, 2.24) is 0 Å². The summed E-state index contributed by atoms with van der Waals surface area (Å²) in [5.74, 6) is 2.91. The first-order valence-electron chi connectivity index (χ1n) is 5.89. The number of allylic oxidation sites excluding steroid dienone is 5. The zero-order valence-electron chi connectivity index (χ0n) is 11.5. The van der Waals surface area contributed by atoms with Crippen molar-refractivity contribution in [2.45, 2.75) is 20.3 Å². The number of hydrogen-bond acceptors (Lipinski definition) is 2. The molecule has 104 valence electrons. The van der Waals surface area contributed by atoms with Crippen LogP contribution in [-0.4, -0.2) is 23.9 Å². The van der Waals surface area contributed by atoms with Crippen molar-refractivity contribution in [3.8, 4) is 12.8 Å². The number of rotatable bonds is 7. The van der Waals surface area contributed by atoms with Gasteiger partial charge in [-0.05, 0) is 32.6 Å². The molecule has 0 radical (unpaired) electrons. The first-order chi connectivity index (χ1) is 8.83. The second kappa shape index (κ2) is 29.9. The first-order valence-corrected chi connectivity index (χ1v) is 7.58. The molecular formula is C15H26ClNS. The van der Waals surface area contributed by atoms with Gasteiger partial charge in [-0.2, -0.15) is 11.8 Å². The SMILES string of the molecule is C#C.C/C=C/C=C/CSCCCN.C/C=C\CCl. The maximum atomic E-state index is 5.35. The van der Waals surface area contributed by atoms with Gasteiger partial charge in [-0.3, -0.25) is 0 Å². The highest BCUT2D eigenvalue weighted by Gasteiger charge is 1.82. The second-order valence-electron chi connectivity index (χ2n) is 2.89. The summed E-state index contributed by atoms with van der Waals surface area (Å²) in [5.41, 5.74) is 5.35. The molecule has 0 atom stereocenters. The topological polar surface area (TPSA) is 26.0 Å². The molecule has 3 heteroatoms. The standard InChI is InChI=1S/C9H17NS.C4H7Cl.C2H2/c1-2-3-4-5-8-11-9-6-7-10;1-2-3-4-5;1-2/h2-5H,6-10H2,1H3;2-3H,4H2,1H3;1-2H/b3-2+,5-4+;3-2-;. The van der Waals surface area contributed by atoms with E-state index in [0.717, 1.165) is 18.7 Å². The van der Waals surface area contributed by atoms with Crippen LogP contribution in [0.1, 0.15) is 20.3 Å². The van der Waals surface area contributed by atoms with E-state index in [9.17, 15) is 0 Å². The Labute approximate surface area is 123 Å². The number of thioether (sulfide) groups is 1. The molecule has 0 saturated carbocycles. The molecule has 0 unspecified atom stereocenters. The van der Waals surface area contributed by atoms with Crippen molar-refractivity contribution < 1.29 is 0 Å². The van der Waals surface area contributed by atoms with E-state index in [-0.39, 0.29) is 0 Å². The smallest absolute Gasteiger partial charge is 0.0404 e. The molecule has 0 spiro atoms. The quantitative estimate of drug-likeness (QED) is 0.249. The van der Waals surface area contributed by atoms with Gasteiger partial charge in [0.2, 0.25) is 0 Å². The van der Waals surface area contributed by atoms with Crippen LogP contribution in [0.2, 0.25) is 0 Å². The van der Waals surface area contributed by atoms with Gasteiger partial charge in [0.25, 0.3) is 0 Å². The normalized spacial score (nSPS) is 10.1.